The van der Waals surface area contributed by atoms with E-state index in [2.05, 4.69) is 31.7 Å². The van der Waals surface area contributed by atoms with E-state index >= 15 is 0 Å². The molecule has 5 rings (SSSR count). The lowest BCUT2D eigenvalue weighted by Crippen LogP contribution is -2.35. The number of fused-ring (bicyclic) bond motifs is 1. The quantitative estimate of drug-likeness (QED) is 0.679. The van der Waals surface area contributed by atoms with Crippen LogP contribution >= 0.6 is 0 Å². The highest BCUT2D eigenvalue weighted by Crippen LogP contribution is 2.33. The average molecular weight is 391 g/mol. The van der Waals surface area contributed by atoms with E-state index in [9.17, 15) is 4.39 Å². The first kappa shape index (κ1) is 17.9. The van der Waals surface area contributed by atoms with Gasteiger partial charge in [0.2, 0.25) is 0 Å². The van der Waals surface area contributed by atoms with E-state index in [1.54, 1.807) is 18.5 Å². The van der Waals surface area contributed by atoms with Crippen molar-refractivity contribution in [1.29, 1.82) is 0 Å². The zero-order valence-electron chi connectivity index (χ0n) is 16.3. The Kier molecular flexibility index (Phi) is 4.54. The number of rotatable bonds is 3. The molecule has 29 heavy (non-hydrogen) atoms. The Morgan fingerprint density at radius 3 is 2.48 bits per heavy atom. The Morgan fingerprint density at radius 1 is 0.931 bits per heavy atom. The molecule has 1 atom stereocenters. The summed E-state index contributed by atoms with van der Waals surface area (Å²) < 4.78 is 14.4. The Bertz CT molecular complexity index is 1020. The third-order valence-corrected chi connectivity index (χ3v) is 5.66. The zero-order valence-corrected chi connectivity index (χ0v) is 16.3. The summed E-state index contributed by atoms with van der Waals surface area (Å²) in [6, 6.07) is 4.83. The zero-order chi connectivity index (χ0) is 19.8. The highest BCUT2D eigenvalue weighted by Gasteiger charge is 2.28. The Balaban J connectivity index is 1.45. The lowest BCUT2D eigenvalue weighted by molar-refractivity contribution is 0.590. The molecule has 0 radical (unpaired) electrons. The van der Waals surface area contributed by atoms with Crippen LogP contribution < -0.4 is 9.80 Å². The van der Waals surface area contributed by atoms with Crippen LogP contribution in [-0.2, 0) is 6.42 Å². The number of hydrogen-bond donors (Lipinski definition) is 0. The fourth-order valence-electron chi connectivity index (χ4n) is 4.12. The molecule has 1 fully saturated rings. The second kappa shape index (κ2) is 7.35. The molecule has 1 saturated heterocycles. The van der Waals surface area contributed by atoms with Crippen LogP contribution in [0.4, 0.5) is 16.0 Å². The predicted molar refractivity (Wildman–Crippen MR) is 108 cm³/mol. The molecule has 3 aromatic heterocycles. The molecule has 0 bridgehead atoms. The van der Waals surface area contributed by atoms with Crippen molar-refractivity contribution in [3.8, 4) is 11.6 Å². The van der Waals surface area contributed by atoms with Crippen molar-refractivity contribution < 1.29 is 4.39 Å². The molecule has 0 saturated carbocycles. The van der Waals surface area contributed by atoms with Crippen LogP contribution in [0.1, 0.15) is 37.1 Å². The van der Waals surface area contributed by atoms with E-state index in [0.717, 1.165) is 56.0 Å². The first-order chi connectivity index (χ1) is 14.2. The third kappa shape index (κ3) is 3.39. The van der Waals surface area contributed by atoms with Crippen LogP contribution in [0.15, 0.2) is 36.8 Å². The third-order valence-electron chi connectivity index (χ3n) is 5.66. The molecule has 0 amide bonds. The molecule has 2 aliphatic rings. The molecular weight excluding hydrogens is 369 g/mol. The molecule has 0 aliphatic carbocycles. The highest BCUT2D eigenvalue weighted by atomic mass is 19.1. The summed E-state index contributed by atoms with van der Waals surface area (Å²) in [4.78, 5) is 26.7. The van der Waals surface area contributed by atoms with E-state index < -0.39 is 0 Å². The van der Waals surface area contributed by atoms with E-state index in [1.807, 2.05) is 6.20 Å². The molecule has 148 valence electrons. The summed E-state index contributed by atoms with van der Waals surface area (Å²) in [5.41, 5.74) is 2.02. The van der Waals surface area contributed by atoms with E-state index in [4.69, 9.17) is 9.97 Å². The van der Waals surface area contributed by atoms with Gasteiger partial charge in [-0.15, -0.1) is 0 Å². The van der Waals surface area contributed by atoms with Crippen LogP contribution in [-0.4, -0.2) is 44.6 Å². The van der Waals surface area contributed by atoms with Gasteiger partial charge in [-0.2, -0.15) is 0 Å². The molecule has 0 spiro atoms. The van der Waals surface area contributed by atoms with E-state index in [0.29, 0.717) is 17.5 Å². The largest absolute Gasteiger partial charge is 0.356 e. The van der Waals surface area contributed by atoms with E-state index in [-0.39, 0.29) is 11.9 Å². The van der Waals surface area contributed by atoms with Crippen molar-refractivity contribution in [3.63, 3.8) is 0 Å². The lowest BCUT2D eigenvalue weighted by atomic mass is 9.99. The number of halogens is 1. The smallest absolute Gasteiger partial charge is 0.197 e. The average Bonchev–Trinajstić information content (AvgIpc) is 3.29. The lowest BCUT2D eigenvalue weighted by Gasteiger charge is -2.36. The predicted octanol–water partition coefficient (Wildman–Crippen LogP) is 3.19. The fourth-order valence-corrected chi connectivity index (χ4v) is 4.12. The van der Waals surface area contributed by atoms with Crippen molar-refractivity contribution in [2.45, 2.75) is 32.2 Å². The summed E-state index contributed by atoms with van der Waals surface area (Å²) in [5, 5.41) is 0. The molecule has 7 nitrogen and oxygen atoms in total. The van der Waals surface area contributed by atoms with Crippen molar-refractivity contribution in [2.75, 3.05) is 29.4 Å². The van der Waals surface area contributed by atoms with Gasteiger partial charge in [0, 0.05) is 62.3 Å². The van der Waals surface area contributed by atoms with Gasteiger partial charge in [-0.05, 0) is 25.8 Å². The number of pyridine rings is 1. The Morgan fingerprint density at radius 2 is 1.69 bits per heavy atom. The van der Waals surface area contributed by atoms with Gasteiger partial charge in [-0.25, -0.2) is 29.3 Å². The maximum absolute atomic E-state index is 14.4. The van der Waals surface area contributed by atoms with Gasteiger partial charge >= 0.3 is 0 Å². The second-order valence-corrected chi connectivity index (χ2v) is 7.48. The first-order valence-corrected chi connectivity index (χ1v) is 10.0. The van der Waals surface area contributed by atoms with Gasteiger partial charge in [0.15, 0.2) is 11.6 Å². The molecular formula is C21H22FN7. The summed E-state index contributed by atoms with van der Waals surface area (Å²) in [6.45, 7) is 4.68. The highest BCUT2D eigenvalue weighted by molar-refractivity contribution is 5.53. The van der Waals surface area contributed by atoms with Crippen LogP contribution in [0.5, 0.6) is 0 Å². The van der Waals surface area contributed by atoms with Gasteiger partial charge in [0.25, 0.3) is 0 Å². The Hall–Kier alpha value is -3.16. The fraction of sp³-hybridized carbons (Fsp3) is 0.381. The van der Waals surface area contributed by atoms with Crippen molar-refractivity contribution >= 4 is 11.6 Å². The normalized spacial score (nSPS) is 18.8. The second-order valence-electron chi connectivity index (χ2n) is 7.48. The standard InChI is InChI=1S/C21H22FN7/c1-14-16-13-25-21(20-23-6-4-7-24-20)26-17(16)5-10-29(14)19-12-15(22)11-18(27-19)28-8-2-3-9-28/h4,6-7,11-14H,2-3,5,8-10H2,1H3. The van der Waals surface area contributed by atoms with Gasteiger partial charge < -0.3 is 9.80 Å². The van der Waals surface area contributed by atoms with Crippen LogP contribution in [0.2, 0.25) is 0 Å². The van der Waals surface area contributed by atoms with Crippen LogP contribution in [0, 0.1) is 5.82 Å². The maximum Gasteiger partial charge on any atom is 0.197 e. The molecule has 8 heteroatoms. The first-order valence-electron chi connectivity index (χ1n) is 10.0. The number of nitrogens with zero attached hydrogens (tertiary/aromatic N) is 7. The molecule has 5 heterocycles. The molecule has 2 aliphatic heterocycles. The minimum atomic E-state index is -0.247. The minimum absolute atomic E-state index is 0.00483. The van der Waals surface area contributed by atoms with Crippen molar-refractivity contribution in [2.24, 2.45) is 0 Å². The number of anilines is 2. The summed E-state index contributed by atoms with van der Waals surface area (Å²) in [5.74, 6) is 2.20. The summed E-state index contributed by atoms with van der Waals surface area (Å²) in [7, 11) is 0. The molecule has 0 N–H and O–H groups in total. The van der Waals surface area contributed by atoms with Crippen molar-refractivity contribution in [1.82, 2.24) is 24.9 Å². The van der Waals surface area contributed by atoms with Crippen LogP contribution in [0.3, 0.4) is 0 Å². The van der Waals surface area contributed by atoms with Gasteiger partial charge in [0.05, 0.1) is 11.7 Å². The number of hydrogen-bond acceptors (Lipinski definition) is 7. The van der Waals surface area contributed by atoms with Gasteiger partial charge in [0.1, 0.15) is 17.5 Å². The van der Waals surface area contributed by atoms with Crippen LogP contribution in [0.25, 0.3) is 11.6 Å². The van der Waals surface area contributed by atoms with Gasteiger partial charge in [-0.3, -0.25) is 0 Å². The molecule has 0 aromatic carbocycles. The maximum atomic E-state index is 14.4. The summed E-state index contributed by atoms with van der Waals surface area (Å²) in [6.07, 6.45) is 8.20. The minimum Gasteiger partial charge on any atom is -0.356 e. The Labute approximate surface area is 168 Å². The monoisotopic (exact) mass is 391 g/mol. The van der Waals surface area contributed by atoms with E-state index in [1.165, 1.54) is 12.1 Å². The summed E-state index contributed by atoms with van der Waals surface area (Å²) >= 11 is 0. The molecule has 3 aromatic rings. The SMILES string of the molecule is CC1c2cnc(-c3ncccn3)nc2CCN1c1cc(F)cc(N2CCCC2)n1. The number of aromatic nitrogens is 5. The topological polar surface area (TPSA) is 70.9 Å². The molecule has 1 unspecified atom stereocenters. The van der Waals surface area contributed by atoms with Crippen molar-refractivity contribution in [3.05, 3.63) is 53.9 Å². The van der Waals surface area contributed by atoms with Gasteiger partial charge in [-0.1, -0.05) is 0 Å².